The molecule has 6 nitrogen and oxygen atoms in total. The van der Waals surface area contributed by atoms with E-state index in [0.29, 0.717) is 0 Å². The number of nitrogens with one attached hydrogen (secondary N) is 2. The van der Waals surface area contributed by atoms with Crippen molar-refractivity contribution < 1.29 is 27.4 Å². The summed E-state index contributed by atoms with van der Waals surface area (Å²) in [5, 5.41) is 10.6. The molecule has 146 valence electrons. The molecule has 4 rings (SSSR count). The zero-order valence-corrected chi connectivity index (χ0v) is 14.7. The van der Waals surface area contributed by atoms with E-state index >= 15 is 0 Å². The normalized spacial score (nSPS) is 17.4. The predicted molar refractivity (Wildman–Crippen MR) is 94.0 cm³/mol. The molecule has 0 bridgehead atoms. The summed E-state index contributed by atoms with van der Waals surface area (Å²) in [4.78, 5) is 12.5. The minimum atomic E-state index is -4.47. The number of alkyl halides is 3. The number of aromatic amines is 1. The minimum absolute atomic E-state index is 0.0302. The van der Waals surface area contributed by atoms with Gasteiger partial charge in [0.1, 0.15) is 6.61 Å². The first kappa shape index (κ1) is 18.1. The van der Waals surface area contributed by atoms with Crippen molar-refractivity contribution in [1.29, 1.82) is 0 Å². The van der Waals surface area contributed by atoms with Crippen molar-refractivity contribution in [3.63, 3.8) is 0 Å². The van der Waals surface area contributed by atoms with Gasteiger partial charge in [-0.15, -0.1) is 0 Å². The number of amides is 1. The summed E-state index contributed by atoms with van der Waals surface area (Å²) in [7, 11) is 0. The number of hydrogen-bond donors (Lipinski definition) is 2. The third-order valence-corrected chi connectivity index (χ3v) is 4.55. The van der Waals surface area contributed by atoms with E-state index in [1.54, 1.807) is 6.20 Å². The summed E-state index contributed by atoms with van der Waals surface area (Å²) in [5.41, 5.74) is 0.941. The smallest absolute Gasteiger partial charge is 0.416 e. The lowest BCUT2D eigenvalue weighted by Gasteiger charge is -2.27. The molecule has 0 aliphatic carbocycles. The molecule has 28 heavy (non-hydrogen) atoms. The van der Waals surface area contributed by atoms with Crippen LogP contribution in [0.15, 0.2) is 42.6 Å². The Balaban J connectivity index is 1.44. The minimum Gasteiger partial charge on any atom is -0.485 e. The maximum Gasteiger partial charge on any atom is 0.416 e. The second-order valence-electron chi connectivity index (χ2n) is 6.52. The number of H-pyrrole nitrogens is 1. The Morgan fingerprint density at radius 2 is 2.07 bits per heavy atom. The Morgan fingerprint density at radius 3 is 2.86 bits per heavy atom. The first-order valence-electron chi connectivity index (χ1n) is 8.55. The van der Waals surface area contributed by atoms with Gasteiger partial charge < -0.3 is 14.8 Å². The summed E-state index contributed by atoms with van der Waals surface area (Å²) in [6, 6.07) is 8.28. The fourth-order valence-corrected chi connectivity index (χ4v) is 3.00. The van der Waals surface area contributed by atoms with E-state index in [0.717, 1.165) is 34.7 Å². The number of hydrogen-bond acceptors (Lipinski definition) is 4. The van der Waals surface area contributed by atoms with E-state index in [9.17, 15) is 18.0 Å². The number of carbonyl (C=O) groups excluding carboxylic acids is 1. The molecule has 9 heteroatoms. The van der Waals surface area contributed by atoms with Crippen molar-refractivity contribution >= 4 is 16.8 Å². The van der Waals surface area contributed by atoms with Crippen molar-refractivity contribution in [3.8, 4) is 11.5 Å². The average Bonchev–Trinajstić information content (AvgIpc) is 3.14. The standard InChI is InChI=1S/C19H16F3N3O3/c1-10(11-2-4-14-12(6-11)8-23-25-14)24-18(26)17-9-27-16-7-13(19(20,21)22)3-5-15(16)28-17/h2-8,10,17H,9H2,1H3,(H,23,25)(H,24,26). The van der Waals surface area contributed by atoms with Gasteiger partial charge >= 0.3 is 6.18 Å². The molecule has 0 saturated heterocycles. The Morgan fingerprint density at radius 1 is 1.25 bits per heavy atom. The van der Waals surface area contributed by atoms with Crippen molar-refractivity contribution in [3.05, 3.63) is 53.7 Å². The summed E-state index contributed by atoms with van der Waals surface area (Å²) >= 11 is 0. The second-order valence-corrected chi connectivity index (χ2v) is 6.52. The quantitative estimate of drug-likeness (QED) is 0.715. The Hall–Kier alpha value is -3.23. The molecule has 1 aliphatic rings. The van der Waals surface area contributed by atoms with Crippen LogP contribution in [0.3, 0.4) is 0 Å². The highest BCUT2D eigenvalue weighted by atomic mass is 19.4. The van der Waals surface area contributed by atoms with Crippen molar-refractivity contribution in [1.82, 2.24) is 15.5 Å². The van der Waals surface area contributed by atoms with E-state index in [4.69, 9.17) is 9.47 Å². The topological polar surface area (TPSA) is 76.2 Å². The molecule has 0 fully saturated rings. The van der Waals surface area contributed by atoms with Gasteiger partial charge in [-0.05, 0) is 42.8 Å². The summed E-state index contributed by atoms with van der Waals surface area (Å²) in [6.07, 6.45) is -3.74. The van der Waals surface area contributed by atoms with Crippen molar-refractivity contribution in [2.45, 2.75) is 25.2 Å². The van der Waals surface area contributed by atoms with Crippen LogP contribution >= 0.6 is 0 Å². The van der Waals surface area contributed by atoms with Crippen molar-refractivity contribution in [2.75, 3.05) is 6.61 Å². The maximum atomic E-state index is 12.8. The molecule has 2 aromatic carbocycles. The number of fused-ring (bicyclic) bond motifs is 2. The Kier molecular flexibility index (Phi) is 4.37. The number of ether oxygens (including phenoxy) is 2. The van der Waals surface area contributed by atoms with Crippen LogP contribution in [0, 0.1) is 0 Å². The molecule has 1 amide bonds. The zero-order valence-electron chi connectivity index (χ0n) is 14.7. The van der Waals surface area contributed by atoms with Crippen LogP contribution in [0.1, 0.15) is 24.1 Å². The van der Waals surface area contributed by atoms with Crippen LogP contribution < -0.4 is 14.8 Å². The highest BCUT2D eigenvalue weighted by Crippen LogP contribution is 2.38. The lowest BCUT2D eigenvalue weighted by atomic mass is 10.1. The first-order chi connectivity index (χ1) is 13.3. The van der Waals surface area contributed by atoms with Gasteiger partial charge in [-0.3, -0.25) is 9.89 Å². The average molecular weight is 391 g/mol. The first-order valence-corrected chi connectivity index (χ1v) is 8.55. The second kappa shape index (κ2) is 6.74. The van der Waals surface area contributed by atoms with Gasteiger partial charge in [0.15, 0.2) is 11.5 Å². The van der Waals surface area contributed by atoms with E-state index in [1.807, 2.05) is 25.1 Å². The fraction of sp³-hybridized carbons (Fsp3) is 0.263. The molecule has 2 N–H and O–H groups in total. The van der Waals surface area contributed by atoms with Crippen LogP contribution in [0.4, 0.5) is 13.2 Å². The molecule has 0 saturated carbocycles. The van der Waals surface area contributed by atoms with E-state index in [1.165, 1.54) is 0 Å². The van der Waals surface area contributed by atoms with Crippen molar-refractivity contribution in [2.24, 2.45) is 0 Å². The summed E-state index contributed by atoms with van der Waals surface area (Å²) in [5.74, 6) is -0.338. The molecular formula is C19H16F3N3O3. The Labute approximate surface area is 157 Å². The van der Waals surface area contributed by atoms with E-state index in [2.05, 4.69) is 15.5 Å². The van der Waals surface area contributed by atoms with Crippen LogP contribution in [0.25, 0.3) is 10.9 Å². The van der Waals surface area contributed by atoms with Gasteiger partial charge in [0.05, 0.1) is 23.3 Å². The van der Waals surface area contributed by atoms with E-state index < -0.39 is 23.8 Å². The number of benzene rings is 2. The number of halogens is 3. The number of nitrogens with zero attached hydrogens (tertiary/aromatic N) is 1. The summed E-state index contributed by atoms with van der Waals surface area (Å²) < 4.78 is 49.2. The lowest BCUT2D eigenvalue weighted by Crippen LogP contribution is -2.44. The molecule has 1 aliphatic heterocycles. The zero-order chi connectivity index (χ0) is 19.9. The van der Waals surface area contributed by atoms with E-state index in [-0.39, 0.29) is 24.1 Å². The van der Waals surface area contributed by atoms with Crippen LogP contribution in [0.5, 0.6) is 11.5 Å². The van der Waals surface area contributed by atoms with Gasteiger partial charge in [-0.1, -0.05) is 6.07 Å². The molecule has 3 aromatic rings. The number of rotatable bonds is 3. The number of carbonyl (C=O) groups is 1. The molecule has 2 unspecified atom stereocenters. The van der Waals surface area contributed by atoms with Gasteiger partial charge in [0, 0.05) is 5.39 Å². The van der Waals surface area contributed by atoms with Crippen LogP contribution in [-0.2, 0) is 11.0 Å². The predicted octanol–water partition coefficient (Wildman–Crippen LogP) is 3.60. The largest absolute Gasteiger partial charge is 0.485 e. The lowest BCUT2D eigenvalue weighted by molar-refractivity contribution is -0.138. The Bertz CT molecular complexity index is 1030. The van der Waals surface area contributed by atoms with Crippen LogP contribution in [0.2, 0.25) is 0 Å². The summed E-state index contributed by atoms with van der Waals surface area (Å²) in [6.45, 7) is 1.65. The number of aromatic nitrogens is 2. The third-order valence-electron chi connectivity index (χ3n) is 4.55. The molecule has 0 radical (unpaired) electrons. The molecule has 2 heterocycles. The monoisotopic (exact) mass is 391 g/mol. The highest BCUT2D eigenvalue weighted by molar-refractivity contribution is 5.83. The molecule has 1 aromatic heterocycles. The van der Waals surface area contributed by atoms with Gasteiger partial charge in [0.2, 0.25) is 6.10 Å². The van der Waals surface area contributed by atoms with Gasteiger partial charge in [-0.25, -0.2) is 0 Å². The molecule has 2 atom stereocenters. The third kappa shape index (κ3) is 3.47. The van der Waals surface area contributed by atoms with Gasteiger partial charge in [-0.2, -0.15) is 18.3 Å². The molecule has 0 spiro atoms. The SMILES string of the molecule is CC(NC(=O)C1COc2cc(C(F)(F)F)ccc2O1)c1ccc2[nH]ncc2c1. The maximum absolute atomic E-state index is 12.8. The van der Waals surface area contributed by atoms with Gasteiger partial charge in [0.25, 0.3) is 5.91 Å². The van der Waals surface area contributed by atoms with Crippen LogP contribution in [-0.4, -0.2) is 28.8 Å². The molecular weight excluding hydrogens is 375 g/mol. The highest BCUT2D eigenvalue weighted by Gasteiger charge is 2.34. The fourth-order valence-electron chi connectivity index (χ4n) is 3.00.